The molecular formula is C23H34KNO. The van der Waals surface area contributed by atoms with Crippen molar-refractivity contribution in [3.63, 3.8) is 0 Å². The van der Waals surface area contributed by atoms with Gasteiger partial charge in [-0.3, -0.25) is 0 Å². The zero-order chi connectivity index (χ0) is 19.2. The molecule has 0 saturated carbocycles. The van der Waals surface area contributed by atoms with E-state index in [-0.39, 0.29) is 63.3 Å². The van der Waals surface area contributed by atoms with E-state index in [1.165, 1.54) is 5.57 Å². The molecule has 0 aliphatic rings. The number of nitrogens with zero attached hydrogens (tertiary/aromatic N) is 1. The third-order valence-corrected chi connectivity index (χ3v) is 3.68. The topological polar surface area (TPSA) is 31.2 Å². The van der Waals surface area contributed by atoms with Crippen LogP contribution in [0.4, 0.5) is 0 Å². The van der Waals surface area contributed by atoms with Crippen LogP contribution in [0.1, 0.15) is 64.7 Å². The Morgan fingerprint density at radius 2 is 1.77 bits per heavy atom. The van der Waals surface area contributed by atoms with Gasteiger partial charge >= 0.3 is 51.4 Å². The van der Waals surface area contributed by atoms with Gasteiger partial charge in [-0.05, 0) is 24.8 Å². The number of rotatable bonds is 8. The minimum absolute atomic E-state index is 0. The van der Waals surface area contributed by atoms with Crippen LogP contribution in [0.25, 0.3) is 5.32 Å². The summed E-state index contributed by atoms with van der Waals surface area (Å²) < 4.78 is 0. The average Bonchev–Trinajstić information content (AvgIpc) is 2.64. The van der Waals surface area contributed by atoms with Gasteiger partial charge in [-0.25, -0.2) is 0 Å². The summed E-state index contributed by atoms with van der Waals surface area (Å²) in [7, 11) is 0. The van der Waals surface area contributed by atoms with E-state index in [0.29, 0.717) is 11.5 Å². The van der Waals surface area contributed by atoms with Crippen LogP contribution in [0.5, 0.6) is 0 Å². The maximum Gasteiger partial charge on any atom is 1.00 e. The Bertz CT molecular complexity index is 573. The molecule has 0 bridgehead atoms. The fourth-order valence-corrected chi connectivity index (χ4v) is 2.58. The van der Waals surface area contributed by atoms with Crippen molar-refractivity contribution in [1.82, 2.24) is 0 Å². The number of hydrogen-bond donors (Lipinski definition) is 0. The predicted molar refractivity (Wildman–Crippen MR) is 111 cm³/mol. The summed E-state index contributed by atoms with van der Waals surface area (Å²) in [5.74, 6) is 0.393. The summed E-state index contributed by atoms with van der Waals surface area (Å²) >= 11 is 0. The molecule has 0 heterocycles. The molecule has 0 aromatic heterocycles. The van der Waals surface area contributed by atoms with E-state index < -0.39 is 0 Å². The van der Waals surface area contributed by atoms with E-state index in [1.807, 2.05) is 45.0 Å². The summed E-state index contributed by atoms with van der Waals surface area (Å²) in [6.45, 7) is 16.3. The van der Waals surface area contributed by atoms with E-state index in [2.05, 4.69) is 38.7 Å². The second kappa shape index (κ2) is 16.7. The summed E-state index contributed by atoms with van der Waals surface area (Å²) in [6.07, 6.45) is 7.66. The SMILES string of the molecule is C=C/C=C(\C(=C/C)CC(C)C)[C@H](CC)[N-]C(=O)c1ccccc1.CC.[K+]. The van der Waals surface area contributed by atoms with Gasteiger partial charge in [0, 0.05) is 0 Å². The first-order valence-corrected chi connectivity index (χ1v) is 9.31. The molecule has 1 amide bonds. The van der Waals surface area contributed by atoms with E-state index in [4.69, 9.17) is 0 Å². The zero-order valence-corrected chi connectivity index (χ0v) is 20.9. The fourth-order valence-electron chi connectivity index (χ4n) is 2.58. The van der Waals surface area contributed by atoms with Crippen LogP contribution in [0.2, 0.25) is 0 Å². The van der Waals surface area contributed by atoms with Crippen molar-refractivity contribution in [1.29, 1.82) is 0 Å². The number of carbonyl (C=O) groups is 1. The third kappa shape index (κ3) is 10.0. The summed E-state index contributed by atoms with van der Waals surface area (Å²) in [6, 6.07) is 9.10. The zero-order valence-electron chi connectivity index (χ0n) is 17.8. The molecule has 0 radical (unpaired) electrons. The van der Waals surface area contributed by atoms with Crippen LogP contribution in [0, 0.1) is 5.92 Å². The van der Waals surface area contributed by atoms with Gasteiger partial charge in [-0.1, -0.05) is 113 Å². The molecule has 1 aromatic carbocycles. The average molecular weight is 380 g/mol. The van der Waals surface area contributed by atoms with Crippen molar-refractivity contribution in [3.8, 4) is 0 Å². The van der Waals surface area contributed by atoms with Crippen molar-refractivity contribution < 1.29 is 56.2 Å². The molecule has 1 rings (SSSR count). The first kappa shape index (κ1) is 27.8. The van der Waals surface area contributed by atoms with Gasteiger partial charge in [0.05, 0.1) is 5.91 Å². The van der Waals surface area contributed by atoms with E-state index in [0.717, 1.165) is 18.4 Å². The molecule has 138 valence electrons. The molecule has 26 heavy (non-hydrogen) atoms. The molecule has 3 heteroatoms. The van der Waals surface area contributed by atoms with Gasteiger partial charge < -0.3 is 10.1 Å². The Morgan fingerprint density at radius 3 is 2.19 bits per heavy atom. The molecule has 0 unspecified atom stereocenters. The summed E-state index contributed by atoms with van der Waals surface area (Å²) in [5.41, 5.74) is 2.98. The van der Waals surface area contributed by atoms with Crippen LogP contribution in [0.15, 0.2) is 66.3 Å². The van der Waals surface area contributed by atoms with Gasteiger partial charge in [-0.15, -0.1) is 0 Å². The normalized spacial score (nSPS) is 12.4. The molecule has 0 spiro atoms. The summed E-state index contributed by atoms with van der Waals surface area (Å²) in [4.78, 5) is 12.4. The second-order valence-corrected chi connectivity index (χ2v) is 5.99. The van der Waals surface area contributed by atoms with Crippen LogP contribution < -0.4 is 51.4 Å². The number of benzene rings is 1. The standard InChI is InChI=1S/C21H29NO.C2H6.K/c1-6-12-19(17(7-2)15-16(4)5)20(8-3)22-21(23)18-13-10-9-11-14-18;1-2;/h6-7,9-14,16,20H,1,8,15H2,2-5H3,(H,22,23);1-2H3;/q;;+1/p-1/b17-7-,19-12+;;/t20-;;/m0../s1. The maximum absolute atomic E-state index is 12.4. The first-order chi connectivity index (χ1) is 12.0. The van der Waals surface area contributed by atoms with Gasteiger partial charge in [0.1, 0.15) is 0 Å². The Hall–Kier alpha value is -0.454. The summed E-state index contributed by atoms with van der Waals surface area (Å²) in [5, 5.41) is 4.46. The number of hydrogen-bond acceptors (Lipinski definition) is 1. The number of allylic oxidation sites excluding steroid dienone is 3. The van der Waals surface area contributed by atoms with Crippen LogP contribution in [-0.4, -0.2) is 11.9 Å². The Labute approximate surface area is 203 Å². The van der Waals surface area contributed by atoms with Crippen molar-refractivity contribution in [2.45, 2.75) is 60.4 Å². The maximum atomic E-state index is 12.4. The molecule has 0 fully saturated rings. The molecule has 1 aromatic rings. The molecule has 1 atom stereocenters. The molecular weight excluding hydrogens is 345 g/mol. The molecule has 0 N–H and O–H groups in total. The smallest absolute Gasteiger partial charge is 0.643 e. The van der Waals surface area contributed by atoms with Gasteiger partial charge in [0.2, 0.25) is 0 Å². The number of carbonyl (C=O) groups excluding carboxylic acids is 1. The van der Waals surface area contributed by atoms with E-state index in [1.54, 1.807) is 18.2 Å². The van der Waals surface area contributed by atoms with Crippen LogP contribution in [0.3, 0.4) is 0 Å². The molecule has 2 nitrogen and oxygen atoms in total. The van der Waals surface area contributed by atoms with Gasteiger partial charge in [-0.2, -0.15) is 0 Å². The fraction of sp³-hybridized carbons (Fsp3) is 0.435. The quantitative estimate of drug-likeness (QED) is 0.494. The number of amides is 1. The molecule has 0 aliphatic carbocycles. The Kier molecular flexibility index (Phi) is 17.8. The molecule has 0 aliphatic heterocycles. The Morgan fingerprint density at radius 1 is 1.19 bits per heavy atom. The van der Waals surface area contributed by atoms with Gasteiger partial charge in [0.15, 0.2) is 0 Å². The Balaban J connectivity index is 0. The third-order valence-electron chi connectivity index (χ3n) is 3.68. The minimum Gasteiger partial charge on any atom is -0.643 e. The first-order valence-electron chi connectivity index (χ1n) is 9.31. The van der Waals surface area contributed by atoms with Crippen molar-refractivity contribution in [2.75, 3.05) is 0 Å². The van der Waals surface area contributed by atoms with Crippen molar-refractivity contribution in [3.05, 3.63) is 77.2 Å². The van der Waals surface area contributed by atoms with Crippen molar-refractivity contribution in [2.24, 2.45) is 5.92 Å². The monoisotopic (exact) mass is 379 g/mol. The second-order valence-electron chi connectivity index (χ2n) is 5.99. The molecule has 0 saturated heterocycles. The van der Waals surface area contributed by atoms with Crippen molar-refractivity contribution >= 4 is 5.91 Å². The van der Waals surface area contributed by atoms with E-state index >= 15 is 0 Å². The minimum atomic E-state index is -0.160. The largest absolute Gasteiger partial charge is 1.00 e. The van der Waals surface area contributed by atoms with Crippen LogP contribution >= 0.6 is 0 Å². The predicted octanol–water partition coefficient (Wildman–Crippen LogP) is 4.11. The van der Waals surface area contributed by atoms with E-state index in [9.17, 15) is 4.79 Å². The van der Waals surface area contributed by atoms with Crippen LogP contribution in [-0.2, 0) is 0 Å². The van der Waals surface area contributed by atoms with Gasteiger partial charge in [0.25, 0.3) is 0 Å².